The Balaban J connectivity index is 1.92. The summed E-state index contributed by atoms with van der Waals surface area (Å²) >= 11 is 0. The summed E-state index contributed by atoms with van der Waals surface area (Å²) in [5.41, 5.74) is 2.21. The van der Waals surface area contributed by atoms with E-state index >= 15 is 0 Å². The van der Waals surface area contributed by atoms with E-state index in [1.165, 1.54) is 11.4 Å². The second kappa shape index (κ2) is 16.0. The van der Waals surface area contributed by atoms with Gasteiger partial charge in [0.2, 0.25) is 21.8 Å². The zero-order chi connectivity index (χ0) is 36.2. The molecule has 0 aromatic carbocycles. The largest absolute Gasteiger partial charge is 0.379 e. The first-order valence-corrected chi connectivity index (χ1v) is 19.5. The quantitative estimate of drug-likeness (QED) is 0.199. The molecule has 3 rings (SSSR count). The molecule has 274 valence electrons. The lowest BCUT2D eigenvalue weighted by atomic mass is 9.70. The van der Waals surface area contributed by atoms with E-state index in [1.807, 2.05) is 41.5 Å². The Labute approximate surface area is 287 Å². The number of nitrogens with zero attached hydrogens (tertiary/aromatic N) is 2. The fourth-order valence-electron chi connectivity index (χ4n) is 7.45. The number of amides is 5. The molecular weight excluding hydrogens is 636 g/mol. The van der Waals surface area contributed by atoms with Crippen molar-refractivity contribution in [1.29, 1.82) is 0 Å². The number of likely N-dealkylation sites (N-methyl/N-ethyl adjacent to an activating group) is 1. The molecule has 14 heteroatoms. The molecule has 1 saturated heterocycles. The van der Waals surface area contributed by atoms with E-state index in [0.717, 1.165) is 44.8 Å². The minimum absolute atomic E-state index is 0.0482. The minimum atomic E-state index is -3.50. The lowest BCUT2D eigenvalue weighted by Gasteiger charge is -2.43. The topological polar surface area (TPSA) is 190 Å². The van der Waals surface area contributed by atoms with Gasteiger partial charge < -0.3 is 20.9 Å². The van der Waals surface area contributed by atoms with Crippen molar-refractivity contribution in [2.45, 2.75) is 130 Å². The van der Waals surface area contributed by atoms with Crippen LogP contribution in [0.5, 0.6) is 0 Å². The fraction of sp³-hybridized carbons (Fsp3) is 0.853. The van der Waals surface area contributed by atoms with Gasteiger partial charge in [0.25, 0.3) is 5.78 Å². The Kier molecular flexibility index (Phi) is 13.3. The van der Waals surface area contributed by atoms with Gasteiger partial charge in [-0.05, 0) is 54.3 Å². The van der Waals surface area contributed by atoms with Crippen LogP contribution in [0.4, 0.5) is 4.79 Å². The van der Waals surface area contributed by atoms with Gasteiger partial charge in [-0.15, -0.1) is 0 Å². The van der Waals surface area contributed by atoms with Crippen molar-refractivity contribution < 1.29 is 38.1 Å². The fourth-order valence-corrected chi connectivity index (χ4v) is 7.87. The molecule has 48 heavy (non-hydrogen) atoms. The maximum Gasteiger partial charge on any atom is 0.379 e. The van der Waals surface area contributed by atoms with Gasteiger partial charge in [-0.1, -0.05) is 80.1 Å². The molecule has 1 unspecified atom stereocenters. The van der Waals surface area contributed by atoms with Gasteiger partial charge in [0.1, 0.15) is 18.1 Å². The third kappa shape index (κ3) is 9.99. The minimum Gasteiger partial charge on any atom is -0.344 e. The average Bonchev–Trinajstić information content (AvgIpc) is 3.41. The van der Waals surface area contributed by atoms with Gasteiger partial charge in [-0.2, -0.15) is 0 Å². The molecule has 5 amide bonds. The first-order valence-electron chi connectivity index (χ1n) is 17.6. The number of urea groups is 1. The van der Waals surface area contributed by atoms with Gasteiger partial charge in [-0.25, -0.2) is 22.3 Å². The highest BCUT2D eigenvalue weighted by Crippen LogP contribution is 2.41. The first-order chi connectivity index (χ1) is 22.2. The molecule has 5 atom stereocenters. The Bertz CT molecular complexity index is 1300. The van der Waals surface area contributed by atoms with E-state index in [-0.39, 0.29) is 30.2 Å². The summed E-state index contributed by atoms with van der Waals surface area (Å²) in [6, 6.07) is -3.96. The van der Waals surface area contributed by atoms with Crippen molar-refractivity contribution in [3.63, 3.8) is 0 Å². The van der Waals surface area contributed by atoms with Gasteiger partial charge in [-0.3, -0.25) is 20.1 Å². The van der Waals surface area contributed by atoms with Crippen LogP contribution < -0.4 is 21.7 Å². The third-order valence-corrected chi connectivity index (χ3v) is 12.4. The second-order valence-corrected chi connectivity index (χ2v) is 18.4. The highest BCUT2D eigenvalue weighted by molar-refractivity contribution is 7.88. The van der Waals surface area contributed by atoms with E-state index in [4.69, 9.17) is 0 Å². The monoisotopic (exact) mass is 697 g/mol. The molecule has 0 aromatic rings. The second-order valence-electron chi connectivity index (χ2n) is 16.3. The van der Waals surface area contributed by atoms with Crippen molar-refractivity contribution in [3.8, 4) is 0 Å². The van der Waals surface area contributed by atoms with Crippen LogP contribution in [-0.4, -0.2) is 97.7 Å². The van der Waals surface area contributed by atoms with Crippen molar-refractivity contribution in [2.24, 2.45) is 28.6 Å². The van der Waals surface area contributed by atoms with E-state index < -0.39 is 68.6 Å². The molecule has 1 aliphatic heterocycles. The van der Waals surface area contributed by atoms with E-state index in [2.05, 4.69) is 21.7 Å². The molecule has 13 nitrogen and oxygen atoms in total. The lowest BCUT2D eigenvalue weighted by Crippen LogP contribution is -2.66. The zero-order valence-corrected chi connectivity index (χ0v) is 31.2. The molecular formula is C34H61N6O7S+. The van der Waals surface area contributed by atoms with Crippen LogP contribution in [0.25, 0.3) is 0 Å². The van der Waals surface area contributed by atoms with Gasteiger partial charge in [0, 0.05) is 26.2 Å². The highest BCUT2D eigenvalue weighted by Gasteiger charge is 2.50. The van der Waals surface area contributed by atoms with Crippen molar-refractivity contribution in [1.82, 2.24) is 25.2 Å². The third-order valence-electron chi connectivity index (χ3n) is 11.1. The van der Waals surface area contributed by atoms with Crippen LogP contribution in [0.2, 0.25) is 0 Å². The molecule has 1 heterocycles. The van der Waals surface area contributed by atoms with Crippen molar-refractivity contribution >= 4 is 39.6 Å². The SMILES string of the molecule is CC(C)[C@H]1CCN(C(=O)[C@@H](NC(=O)N[C@H](CN(C)S(C)(=O)=O)C(C)(C)C)C2(C)CCCCC2)[C@@H]1C(=O)NC(CC1CCC1)C(=O)C([NH3+])=O. The number of carbonyl (C=O) groups is 5. The summed E-state index contributed by atoms with van der Waals surface area (Å²) in [5.74, 6) is -2.29. The van der Waals surface area contributed by atoms with E-state index in [9.17, 15) is 32.4 Å². The summed E-state index contributed by atoms with van der Waals surface area (Å²) in [6.45, 7) is 12.1. The van der Waals surface area contributed by atoms with Gasteiger partial charge in [0.05, 0.1) is 6.26 Å². The number of quaternary nitrogens is 1. The number of hydrogen-bond donors (Lipinski definition) is 4. The zero-order valence-electron chi connectivity index (χ0n) is 30.4. The Morgan fingerprint density at radius 2 is 1.56 bits per heavy atom. The smallest absolute Gasteiger partial charge is 0.344 e. The van der Waals surface area contributed by atoms with Crippen LogP contribution in [-0.2, 0) is 29.2 Å². The summed E-state index contributed by atoms with van der Waals surface area (Å²) in [6.07, 6.45) is 9.22. The first kappa shape index (κ1) is 39.9. The maximum absolute atomic E-state index is 14.7. The number of Topliss-reactive ketones (excluding diaryl/α,β-unsaturated/α-hetero) is 1. The summed E-state index contributed by atoms with van der Waals surface area (Å²) < 4.78 is 25.6. The van der Waals surface area contributed by atoms with Gasteiger partial charge in [0.15, 0.2) is 0 Å². The number of likely N-dealkylation sites (tertiary alicyclic amines) is 1. The van der Waals surface area contributed by atoms with Crippen LogP contribution in [0.1, 0.15) is 106 Å². The molecule has 2 aliphatic carbocycles. The summed E-state index contributed by atoms with van der Waals surface area (Å²) in [7, 11) is -2.04. The molecule has 2 saturated carbocycles. The number of carbonyl (C=O) groups excluding carboxylic acids is 5. The maximum atomic E-state index is 14.7. The van der Waals surface area contributed by atoms with Crippen LogP contribution in [0, 0.1) is 28.6 Å². The Morgan fingerprint density at radius 1 is 0.958 bits per heavy atom. The molecule has 0 radical (unpaired) electrons. The Morgan fingerprint density at radius 3 is 2.04 bits per heavy atom. The summed E-state index contributed by atoms with van der Waals surface area (Å²) in [5, 5.41) is 8.79. The van der Waals surface area contributed by atoms with Crippen LogP contribution >= 0.6 is 0 Å². The normalized spacial score (nSPS) is 23.6. The van der Waals surface area contributed by atoms with Crippen molar-refractivity contribution in [2.75, 3.05) is 26.4 Å². The van der Waals surface area contributed by atoms with E-state index in [0.29, 0.717) is 32.2 Å². The summed E-state index contributed by atoms with van der Waals surface area (Å²) in [4.78, 5) is 69.0. The average molecular weight is 698 g/mol. The molecule has 0 aromatic heterocycles. The predicted molar refractivity (Wildman–Crippen MR) is 183 cm³/mol. The predicted octanol–water partition coefficient (Wildman–Crippen LogP) is 1.82. The Hall–Kier alpha value is -2.58. The molecule has 3 aliphatic rings. The van der Waals surface area contributed by atoms with Crippen LogP contribution in [0.3, 0.4) is 0 Å². The number of sulfonamides is 1. The molecule has 6 N–H and O–H groups in total. The number of rotatable bonds is 14. The van der Waals surface area contributed by atoms with Crippen molar-refractivity contribution in [3.05, 3.63) is 0 Å². The molecule has 3 fully saturated rings. The number of hydrogen-bond acceptors (Lipinski definition) is 7. The van der Waals surface area contributed by atoms with Gasteiger partial charge >= 0.3 is 11.9 Å². The molecule has 0 bridgehead atoms. The van der Waals surface area contributed by atoms with E-state index in [1.54, 1.807) is 4.90 Å². The number of ketones is 1. The highest BCUT2D eigenvalue weighted by atomic mass is 32.2. The van der Waals surface area contributed by atoms with Crippen LogP contribution in [0.15, 0.2) is 0 Å². The lowest BCUT2D eigenvalue weighted by molar-refractivity contribution is -0.300. The molecule has 0 spiro atoms. The number of nitrogens with one attached hydrogen (secondary N) is 3. The standard InChI is InChI=1S/C34H60N6O7S/c1-21(2)23-15-18-40(26(23)30(43)36-24(27(41)29(35)42)19-22-13-12-14-22)31(44)28(34(6)16-10-9-11-17-34)38-32(45)37-25(33(3,4)5)20-39(7)48(8,46)47/h21-26,28H,9-20H2,1-8H3,(H2,35,42)(H,36,43)(H2,37,38,45)/p+1/t23-,24?,25-,26+,28-/m1/s1.